The molecule has 0 saturated carbocycles. The molecular formula is C20H25N5O3. The normalized spacial score (nSPS) is 16.6. The van der Waals surface area contributed by atoms with Crippen molar-refractivity contribution in [2.75, 3.05) is 32.8 Å². The molecule has 0 bridgehead atoms. The Bertz CT molecular complexity index is 847. The highest BCUT2D eigenvalue weighted by molar-refractivity contribution is 5.97. The van der Waals surface area contributed by atoms with Crippen LogP contribution in [0.15, 0.2) is 24.4 Å². The van der Waals surface area contributed by atoms with Crippen LogP contribution in [0.3, 0.4) is 0 Å². The van der Waals surface area contributed by atoms with Crippen molar-refractivity contribution in [1.29, 1.82) is 0 Å². The second-order valence-electron chi connectivity index (χ2n) is 7.07. The number of hydrogen-bond donors (Lipinski definition) is 0. The van der Waals surface area contributed by atoms with Gasteiger partial charge in [0.15, 0.2) is 5.69 Å². The van der Waals surface area contributed by atoms with E-state index >= 15 is 0 Å². The molecule has 2 aliphatic heterocycles. The van der Waals surface area contributed by atoms with E-state index < -0.39 is 0 Å². The summed E-state index contributed by atoms with van der Waals surface area (Å²) in [5.74, 6) is 0.198. The average Bonchev–Trinajstić information content (AvgIpc) is 3.18. The van der Waals surface area contributed by atoms with Gasteiger partial charge in [0.2, 0.25) is 5.88 Å². The van der Waals surface area contributed by atoms with Crippen molar-refractivity contribution in [1.82, 2.24) is 24.6 Å². The lowest BCUT2D eigenvalue weighted by molar-refractivity contribution is 0.0529. The van der Waals surface area contributed by atoms with Crippen molar-refractivity contribution in [2.45, 2.75) is 32.7 Å². The SMILES string of the molecule is CCOc1ncccc1C(=O)N1CCN(C(=O)c2cc3n(n2)CCCC3)CC1. The van der Waals surface area contributed by atoms with E-state index in [4.69, 9.17) is 4.74 Å². The maximum Gasteiger partial charge on any atom is 0.274 e. The van der Waals surface area contributed by atoms with Crippen molar-refractivity contribution in [3.8, 4) is 5.88 Å². The lowest BCUT2D eigenvalue weighted by Crippen LogP contribution is -2.50. The Hall–Kier alpha value is -2.90. The Balaban J connectivity index is 1.40. The van der Waals surface area contributed by atoms with E-state index in [1.165, 1.54) is 0 Å². The van der Waals surface area contributed by atoms with Crippen molar-refractivity contribution in [3.63, 3.8) is 0 Å². The van der Waals surface area contributed by atoms with Crippen LogP contribution in [-0.2, 0) is 13.0 Å². The number of piperazine rings is 1. The van der Waals surface area contributed by atoms with Gasteiger partial charge in [0, 0.05) is 44.6 Å². The summed E-state index contributed by atoms with van der Waals surface area (Å²) >= 11 is 0. The first kappa shape index (κ1) is 18.5. The second kappa shape index (κ2) is 8.00. The first-order chi connectivity index (χ1) is 13.7. The van der Waals surface area contributed by atoms with Crippen LogP contribution in [-0.4, -0.2) is 69.2 Å². The molecule has 8 heteroatoms. The van der Waals surface area contributed by atoms with Crippen molar-refractivity contribution in [3.05, 3.63) is 41.3 Å². The van der Waals surface area contributed by atoms with Crippen molar-refractivity contribution >= 4 is 11.8 Å². The van der Waals surface area contributed by atoms with Gasteiger partial charge in [-0.25, -0.2) is 4.98 Å². The highest BCUT2D eigenvalue weighted by Gasteiger charge is 2.28. The molecule has 2 amide bonds. The van der Waals surface area contributed by atoms with Gasteiger partial charge >= 0.3 is 0 Å². The molecule has 0 unspecified atom stereocenters. The van der Waals surface area contributed by atoms with Gasteiger partial charge in [0.25, 0.3) is 11.8 Å². The fraction of sp³-hybridized carbons (Fsp3) is 0.500. The molecule has 0 aliphatic carbocycles. The summed E-state index contributed by atoms with van der Waals surface area (Å²) in [6, 6.07) is 5.38. The monoisotopic (exact) mass is 383 g/mol. The Morgan fingerprint density at radius 2 is 1.82 bits per heavy atom. The van der Waals surface area contributed by atoms with E-state index in [0.29, 0.717) is 49.9 Å². The van der Waals surface area contributed by atoms with E-state index in [1.807, 2.05) is 17.7 Å². The second-order valence-corrected chi connectivity index (χ2v) is 7.07. The van der Waals surface area contributed by atoms with Crippen LogP contribution in [0.5, 0.6) is 5.88 Å². The van der Waals surface area contributed by atoms with Crippen molar-refractivity contribution < 1.29 is 14.3 Å². The Morgan fingerprint density at radius 3 is 2.54 bits per heavy atom. The summed E-state index contributed by atoms with van der Waals surface area (Å²) in [6.45, 7) is 5.17. The predicted octanol–water partition coefficient (Wildman–Crippen LogP) is 1.61. The predicted molar refractivity (Wildman–Crippen MR) is 102 cm³/mol. The van der Waals surface area contributed by atoms with Gasteiger partial charge in [-0.05, 0) is 44.4 Å². The zero-order valence-electron chi connectivity index (χ0n) is 16.1. The van der Waals surface area contributed by atoms with Crippen LogP contribution in [0.25, 0.3) is 0 Å². The summed E-state index contributed by atoms with van der Waals surface area (Å²) in [5, 5.41) is 4.48. The lowest BCUT2D eigenvalue weighted by atomic mass is 10.1. The zero-order valence-corrected chi connectivity index (χ0v) is 16.1. The largest absolute Gasteiger partial charge is 0.477 e. The zero-order chi connectivity index (χ0) is 19.5. The molecule has 0 atom stereocenters. The number of fused-ring (bicyclic) bond motifs is 1. The van der Waals surface area contributed by atoms with E-state index in [2.05, 4.69) is 10.1 Å². The number of nitrogens with zero attached hydrogens (tertiary/aromatic N) is 5. The van der Waals surface area contributed by atoms with E-state index in [-0.39, 0.29) is 11.8 Å². The lowest BCUT2D eigenvalue weighted by Gasteiger charge is -2.34. The summed E-state index contributed by atoms with van der Waals surface area (Å²) in [4.78, 5) is 33.4. The summed E-state index contributed by atoms with van der Waals surface area (Å²) in [5.41, 5.74) is 2.12. The van der Waals surface area contributed by atoms with Gasteiger partial charge in [-0.3, -0.25) is 14.3 Å². The minimum atomic E-state index is -0.110. The van der Waals surface area contributed by atoms with E-state index in [9.17, 15) is 9.59 Å². The molecule has 1 fully saturated rings. The molecule has 2 aromatic heterocycles. The minimum absolute atomic E-state index is 0.0506. The third-order valence-corrected chi connectivity index (χ3v) is 5.27. The van der Waals surface area contributed by atoms with Gasteiger partial charge in [-0.2, -0.15) is 5.10 Å². The number of aromatic nitrogens is 3. The maximum absolute atomic E-state index is 12.9. The number of ether oxygens (including phenoxy) is 1. The topological polar surface area (TPSA) is 80.6 Å². The van der Waals surface area contributed by atoms with E-state index in [0.717, 1.165) is 31.5 Å². The molecule has 1 saturated heterocycles. The van der Waals surface area contributed by atoms with Crippen LogP contribution in [0.2, 0.25) is 0 Å². The van der Waals surface area contributed by atoms with Crippen LogP contribution in [0.4, 0.5) is 0 Å². The smallest absolute Gasteiger partial charge is 0.274 e. The molecule has 0 aromatic carbocycles. The summed E-state index contributed by atoms with van der Waals surface area (Å²) < 4.78 is 7.42. The van der Waals surface area contributed by atoms with Crippen LogP contribution in [0.1, 0.15) is 46.3 Å². The van der Waals surface area contributed by atoms with Gasteiger partial charge in [-0.15, -0.1) is 0 Å². The Labute approximate surface area is 164 Å². The minimum Gasteiger partial charge on any atom is -0.477 e. The summed E-state index contributed by atoms with van der Waals surface area (Å²) in [7, 11) is 0. The number of pyridine rings is 1. The molecule has 4 rings (SSSR count). The Morgan fingerprint density at radius 1 is 1.07 bits per heavy atom. The molecule has 0 spiro atoms. The van der Waals surface area contributed by atoms with E-state index in [1.54, 1.807) is 28.1 Å². The number of aryl methyl sites for hydroxylation is 2. The first-order valence-corrected chi connectivity index (χ1v) is 9.90. The molecule has 0 N–H and O–H groups in total. The molecular weight excluding hydrogens is 358 g/mol. The van der Waals surface area contributed by atoms with Crippen LogP contribution in [0, 0.1) is 0 Å². The van der Waals surface area contributed by atoms with Crippen LogP contribution >= 0.6 is 0 Å². The maximum atomic E-state index is 12.9. The first-order valence-electron chi connectivity index (χ1n) is 9.90. The number of amides is 2. The molecule has 0 radical (unpaired) electrons. The third kappa shape index (κ3) is 3.58. The van der Waals surface area contributed by atoms with Crippen LogP contribution < -0.4 is 4.74 Å². The van der Waals surface area contributed by atoms with Crippen molar-refractivity contribution in [2.24, 2.45) is 0 Å². The quantitative estimate of drug-likeness (QED) is 0.801. The Kier molecular flexibility index (Phi) is 5.27. The summed E-state index contributed by atoms with van der Waals surface area (Å²) in [6.07, 6.45) is 4.86. The van der Waals surface area contributed by atoms with Gasteiger partial charge < -0.3 is 14.5 Å². The number of carbonyl (C=O) groups excluding carboxylic acids is 2. The molecule has 2 aliphatic rings. The standard InChI is InChI=1S/C20H25N5O3/c1-2-28-18-16(7-5-8-21-18)19(26)23-10-12-24(13-11-23)20(27)17-14-15-6-3-4-9-25(15)22-17/h5,7-8,14H,2-4,6,9-13H2,1H3. The number of rotatable bonds is 4. The average molecular weight is 383 g/mol. The van der Waals surface area contributed by atoms with Gasteiger partial charge in [0.1, 0.15) is 5.56 Å². The number of hydrogen-bond acceptors (Lipinski definition) is 5. The van der Waals surface area contributed by atoms with Gasteiger partial charge in [-0.1, -0.05) is 0 Å². The third-order valence-electron chi connectivity index (χ3n) is 5.27. The molecule has 8 nitrogen and oxygen atoms in total. The molecule has 148 valence electrons. The fourth-order valence-corrected chi connectivity index (χ4v) is 3.77. The molecule has 2 aromatic rings. The van der Waals surface area contributed by atoms with Gasteiger partial charge in [0.05, 0.1) is 6.61 Å². The molecule has 28 heavy (non-hydrogen) atoms. The highest BCUT2D eigenvalue weighted by atomic mass is 16.5. The molecule has 4 heterocycles. The highest BCUT2D eigenvalue weighted by Crippen LogP contribution is 2.20. The fourth-order valence-electron chi connectivity index (χ4n) is 3.77. The number of carbonyl (C=O) groups is 2.